The summed E-state index contributed by atoms with van der Waals surface area (Å²) in [6.07, 6.45) is 5.82. The fourth-order valence-corrected chi connectivity index (χ4v) is 4.92. The van der Waals surface area contributed by atoms with E-state index < -0.39 is 11.4 Å². The SMILES string of the molecule is CCCCN1C(=O)c2cc(C(=O)Nc3cc(Cl)ccc3C)nn2C[C@@]1(C)C(=O)NC1CCCC1. The minimum Gasteiger partial charge on any atom is -0.351 e. The van der Waals surface area contributed by atoms with E-state index >= 15 is 0 Å². The number of nitrogens with zero attached hydrogens (tertiary/aromatic N) is 3. The van der Waals surface area contributed by atoms with Gasteiger partial charge in [0.05, 0.1) is 6.54 Å². The Morgan fingerprint density at radius 1 is 1.24 bits per heavy atom. The number of benzene rings is 1. The lowest BCUT2D eigenvalue weighted by atomic mass is 9.94. The van der Waals surface area contributed by atoms with E-state index in [2.05, 4.69) is 22.7 Å². The van der Waals surface area contributed by atoms with Gasteiger partial charge in [0, 0.05) is 29.4 Å². The van der Waals surface area contributed by atoms with Crippen molar-refractivity contribution in [2.45, 2.75) is 77.4 Å². The first kappa shape index (κ1) is 24.3. The Kier molecular flexibility index (Phi) is 6.98. The molecule has 9 heteroatoms. The second kappa shape index (κ2) is 9.78. The van der Waals surface area contributed by atoms with Crippen molar-refractivity contribution in [2.24, 2.45) is 0 Å². The minimum atomic E-state index is -1.08. The standard InChI is InChI=1S/C25H32ClN5O3/c1-4-5-12-30-23(33)21-14-20(22(32)28-19-13-17(26)11-10-16(19)2)29-31(21)15-25(30,3)24(34)27-18-8-6-7-9-18/h10-11,13-14,18H,4-9,12,15H2,1-3H3,(H,27,34)(H,28,32)/t25-/m0/s1. The van der Waals surface area contributed by atoms with Gasteiger partial charge in [-0.05, 0) is 50.8 Å². The number of aromatic nitrogens is 2. The molecule has 0 radical (unpaired) electrons. The summed E-state index contributed by atoms with van der Waals surface area (Å²) >= 11 is 6.07. The summed E-state index contributed by atoms with van der Waals surface area (Å²) in [5, 5.41) is 10.9. The topological polar surface area (TPSA) is 96.3 Å². The van der Waals surface area contributed by atoms with Crippen molar-refractivity contribution >= 4 is 35.0 Å². The molecule has 0 bridgehead atoms. The first-order chi connectivity index (χ1) is 16.2. The summed E-state index contributed by atoms with van der Waals surface area (Å²) in [7, 11) is 0. The van der Waals surface area contributed by atoms with Crippen LogP contribution in [0.2, 0.25) is 5.02 Å². The highest BCUT2D eigenvalue weighted by Crippen LogP contribution is 2.30. The van der Waals surface area contributed by atoms with E-state index in [0.717, 1.165) is 44.1 Å². The third-order valence-corrected chi connectivity index (χ3v) is 7.13. The predicted octanol–water partition coefficient (Wildman–Crippen LogP) is 4.17. The van der Waals surface area contributed by atoms with Crippen LogP contribution in [-0.4, -0.2) is 50.5 Å². The molecule has 2 aliphatic rings. The van der Waals surface area contributed by atoms with Crippen molar-refractivity contribution in [1.82, 2.24) is 20.0 Å². The van der Waals surface area contributed by atoms with Gasteiger partial charge in [0.1, 0.15) is 11.2 Å². The number of unbranched alkanes of at least 4 members (excludes halogenated alkanes) is 1. The summed E-state index contributed by atoms with van der Waals surface area (Å²) < 4.78 is 1.50. The van der Waals surface area contributed by atoms with Crippen LogP contribution in [0.4, 0.5) is 5.69 Å². The molecule has 1 aliphatic heterocycles. The molecule has 182 valence electrons. The van der Waals surface area contributed by atoms with Gasteiger partial charge < -0.3 is 15.5 Å². The van der Waals surface area contributed by atoms with Crippen molar-refractivity contribution in [3.05, 3.63) is 46.2 Å². The Balaban J connectivity index is 1.61. The largest absolute Gasteiger partial charge is 0.351 e. The molecule has 3 amide bonds. The van der Waals surface area contributed by atoms with Gasteiger partial charge in [0.25, 0.3) is 11.8 Å². The third kappa shape index (κ3) is 4.69. The number of halogens is 1. The number of hydrogen-bond acceptors (Lipinski definition) is 4. The molecule has 1 fully saturated rings. The Labute approximate surface area is 205 Å². The normalized spacial score (nSPS) is 20.4. The second-order valence-corrected chi connectivity index (χ2v) is 9.96. The van der Waals surface area contributed by atoms with E-state index in [9.17, 15) is 14.4 Å². The Hall–Kier alpha value is -2.87. The Morgan fingerprint density at radius 2 is 1.97 bits per heavy atom. The number of aryl methyl sites for hydroxylation is 1. The van der Waals surface area contributed by atoms with E-state index in [1.165, 1.54) is 10.7 Å². The lowest BCUT2D eigenvalue weighted by Gasteiger charge is -2.43. The van der Waals surface area contributed by atoms with Crippen LogP contribution in [0.15, 0.2) is 24.3 Å². The number of nitrogens with one attached hydrogen (secondary N) is 2. The van der Waals surface area contributed by atoms with Crippen LogP contribution in [0, 0.1) is 6.92 Å². The zero-order valence-electron chi connectivity index (χ0n) is 20.0. The lowest BCUT2D eigenvalue weighted by molar-refractivity contribution is -0.133. The van der Waals surface area contributed by atoms with Gasteiger partial charge in [-0.1, -0.05) is 43.9 Å². The molecule has 0 unspecified atom stereocenters. The van der Waals surface area contributed by atoms with Crippen molar-refractivity contribution in [3.63, 3.8) is 0 Å². The molecule has 2 heterocycles. The van der Waals surface area contributed by atoms with Crippen LogP contribution in [0.1, 0.15) is 78.9 Å². The van der Waals surface area contributed by atoms with Crippen LogP contribution in [-0.2, 0) is 11.3 Å². The molecule has 1 atom stereocenters. The number of carbonyl (C=O) groups is 3. The molecule has 1 aliphatic carbocycles. The van der Waals surface area contributed by atoms with Gasteiger partial charge in [-0.25, -0.2) is 0 Å². The molecular formula is C25H32ClN5O3. The van der Waals surface area contributed by atoms with Crippen LogP contribution < -0.4 is 10.6 Å². The average molecular weight is 486 g/mol. The lowest BCUT2D eigenvalue weighted by Crippen LogP contribution is -2.65. The van der Waals surface area contributed by atoms with Crippen molar-refractivity contribution in [3.8, 4) is 0 Å². The summed E-state index contributed by atoms with van der Waals surface area (Å²) in [6, 6.07) is 6.90. The smallest absolute Gasteiger partial charge is 0.276 e. The van der Waals surface area contributed by atoms with E-state index in [-0.39, 0.29) is 30.1 Å². The van der Waals surface area contributed by atoms with Crippen LogP contribution in [0.5, 0.6) is 0 Å². The van der Waals surface area contributed by atoms with Crippen LogP contribution in [0.3, 0.4) is 0 Å². The van der Waals surface area contributed by atoms with Gasteiger partial charge in [-0.3, -0.25) is 19.1 Å². The van der Waals surface area contributed by atoms with E-state index in [0.29, 0.717) is 22.9 Å². The Morgan fingerprint density at radius 3 is 2.68 bits per heavy atom. The van der Waals surface area contributed by atoms with E-state index in [1.54, 1.807) is 24.0 Å². The molecule has 8 nitrogen and oxygen atoms in total. The highest BCUT2D eigenvalue weighted by molar-refractivity contribution is 6.31. The molecule has 4 rings (SSSR count). The summed E-state index contributed by atoms with van der Waals surface area (Å²) in [5.74, 6) is -0.878. The number of carbonyl (C=O) groups excluding carboxylic acids is 3. The molecule has 1 aromatic carbocycles. The average Bonchev–Trinajstić information content (AvgIpc) is 3.46. The third-order valence-electron chi connectivity index (χ3n) is 6.89. The maximum absolute atomic E-state index is 13.5. The van der Waals surface area contributed by atoms with Gasteiger partial charge in [-0.2, -0.15) is 5.10 Å². The molecule has 2 N–H and O–H groups in total. The van der Waals surface area contributed by atoms with Gasteiger partial charge in [-0.15, -0.1) is 0 Å². The fraction of sp³-hybridized carbons (Fsp3) is 0.520. The zero-order chi connectivity index (χ0) is 24.5. The van der Waals surface area contributed by atoms with Crippen LogP contribution in [0.25, 0.3) is 0 Å². The van der Waals surface area contributed by atoms with Gasteiger partial charge in [0.2, 0.25) is 5.91 Å². The predicted molar refractivity (Wildman–Crippen MR) is 131 cm³/mol. The van der Waals surface area contributed by atoms with Crippen molar-refractivity contribution in [2.75, 3.05) is 11.9 Å². The maximum Gasteiger partial charge on any atom is 0.276 e. The highest BCUT2D eigenvalue weighted by atomic mass is 35.5. The van der Waals surface area contributed by atoms with Crippen molar-refractivity contribution in [1.29, 1.82) is 0 Å². The molecule has 2 aromatic rings. The first-order valence-electron chi connectivity index (χ1n) is 12.0. The molecular weight excluding hydrogens is 454 g/mol. The maximum atomic E-state index is 13.5. The molecule has 34 heavy (non-hydrogen) atoms. The molecule has 0 spiro atoms. The van der Waals surface area contributed by atoms with Gasteiger partial charge in [0.15, 0.2) is 5.69 Å². The Bertz CT molecular complexity index is 1110. The van der Waals surface area contributed by atoms with Crippen LogP contribution >= 0.6 is 11.6 Å². The second-order valence-electron chi connectivity index (χ2n) is 9.52. The monoisotopic (exact) mass is 485 g/mol. The zero-order valence-corrected chi connectivity index (χ0v) is 20.7. The number of fused-ring (bicyclic) bond motifs is 1. The minimum absolute atomic E-state index is 0.124. The number of amides is 3. The van der Waals surface area contributed by atoms with E-state index in [4.69, 9.17) is 11.6 Å². The number of anilines is 1. The number of hydrogen-bond donors (Lipinski definition) is 2. The summed E-state index contributed by atoms with van der Waals surface area (Å²) in [6.45, 7) is 6.38. The quantitative estimate of drug-likeness (QED) is 0.615. The first-order valence-corrected chi connectivity index (χ1v) is 12.4. The molecule has 1 saturated carbocycles. The molecule has 0 saturated heterocycles. The summed E-state index contributed by atoms with van der Waals surface area (Å²) in [5.41, 5.74) is 0.805. The van der Waals surface area contributed by atoms with Gasteiger partial charge >= 0.3 is 0 Å². The fourth-order valence-electron chi connectivity index (χ4n) is 4.74. The van der Waals surface area contributed by atoms with E-state index in [1.807, 2.05) is 13.0 Å². The highest BCUT2D eigenvalue weighted by Gasteiger charge is 2.48. The number of rotatable bonds is 7. The van der Waals surface area contributed by atoms with Crippen molar-refractivity contribution < 1.29 is 14.4 Å². The molecule has 1 aromatic heterocycles. The summed E-state index contributed by atoms with van der Waals surface area (Å²) in [4.78, 5) is 41.5.